The summed E-state index contributed by atoms with van der Waals surface area (Å²) in [5.41, 5.74) is 9.04. The first-order chi connectivity index (χ1) is 22.6. The molecule has 2 heterocycles. The van der Waals surface area contributed by atoms with Gasteiger partial charge in [-0.15, -0.1) is 0 Å². The zero-order valence-corrected chi connectivity index (χ0v) is 26.9. The molecule has 0 bridgehead atoms. The second kappa shape index (κ2) is 15.1. The van der Waals surface area contributed by atoms with Crippen LogP contribution in [-0.4, -0.2) is 39.0 Å². The first-order valence-corrected chi connectivity index (χ1v) is 16.4. The molecule has 0 atom stereocenters. The number of aromatic nitrogens is 2. The number of nitrogens with one attached hydrogen (secondary N) is 1. The number of ketones is 1. The number of benzene rings is 2. The fraction of sp³-hybridized carbons (Fsp3) is 0.368. The van der Waals surface area contributed by atoms with Crippen LogP contribution in [-0.2, 0) is 32.0 Å². The lowest BCUT2D eigenvalue weighted by molar-refractivity contribution is -0.151. The van der Waals surface area contributed by atoms with Crippen LogP contribution in [0.3, 0.4) is 0 Å². The lowest BCUT2D eigenvalue weighted by Crippen LogP contribution is -2.21. The van der Waals surface area contributed by atoms with Crippen LogP contribution >= 0.6 is 0 Å². The fourth-order valence-electron chi connectivity index (χ4n) is 6.44. The number of carboxylic acid groups (broad SMARTS) is 1. The number of H-pyrrole nitrogens is 1. The highest BCUT2D eigenvalue weighted by Crippen LogP contribution is 2.31. The number of cyclic esters (lactones) is 2. The largest absolute Gasteiger partial charge is 0.478 e. The van der Waals surface area contributed by atoms with E-state index in [2.05, 4.69) is 46.1 Å². The van der Waals surface area contributed by atoms with Crippen molar-refractivity contribution < 1.29 is 29.0 Å². The van der Waals surface area contributed by atoms with Crippen molar-refractivity contribution in [2.45, 2.75) is 90.9 Å². The van der Waals surface area contributed by atoms with E-state index in [1.165, 1.54) is 5.56 Å². The molecule has 4 aliphatic rings. The van der Waals surface area contributed by atoms with Crippen molar-refractivity contribution in [2.24, 2.45) is 0 Å². The smallest absolute Gasteiger partial charge is 0.342 e. The summed E-state index contributed by atoms with van der Waals surface area (Å²) in [6.07, 6.45) is 10.4. The molecule has 9 heteroatoms. The van der Waals surface area contributed by atoms with Gasteiger partial charge in [0.2, 0.25) is 0 Å². The van der Waals surface area contributed by atoms with Gasteiger partial charge in [-0.25, -0.2) is 19.5 Å². The summed E-state index contributed by atoms with van der Waals surface area (Å²) >= 11 is 0. The van der Waals surface area contributed by atoms with E-state index in [9.17, 15) is 24.0 Å². The van der Waals surface area contributed by atoms with Crippen molar-refractivity contribution in [2.75, 3.05) is 0 Å². The van der Waals surface area contributed by atoms with E-state index in [1.807, 2.05) is 19.1 Å². The summed E-state index contributed by atoms with van der Waals surface area (Å²) in [7, 11) is 0. The Hall–Kier alpha value is -4.92. The van der Waals surface area contributed by atoms with Gasteiger partial charge in [0.25, 0.3) is 5.56 Å². The lowest BCUT2D eigenvalue weighted by atomic mass is 9.87. The van der Waals surface area contributed by atoms with Gasteiger partial charge in [-0.2, -0.15) is 5.10 Å². The van der Waals surface area contributed by atoms with Crippen molar-refractivity contribution in [3.8, 4) is 11.3 Å². The number of esters is 2. The van der Waals surface area contributed by atoms with Gasteiger partial charge >= 0.3 is 17.9 Å². The molecule has 1 aromatic heterocycles. The number of carbonyl (C=O) groups excluding carboxylic acids is 3. The maximum atomic E-state index is 12.3. The van der Waals surface area contributed by atoms with E-state index in [1.54, 1.807) is 12.1 Å². The van der Waals surface area contributed by atoms with Gasteiger partial charge in [0.15, 0.2) is 5.78 Å². The van der Waals surface area contributed by atoms with E-state index < -0.39 is 17.9 Å². The van der Waals surface area contributed by atoms with Crippen LogP contribution in [0.1, 0.15) is 96.8 Å². The van der Waals surface area contributed by atoms with Gasteiger partial charge in [0.05, 0.1) is 5.69 Å². The van der Waals surface area contributed by atoms with E-state index in [0.717, 1.165) is 92.2 Å². The Morgan fingerprint density at radius 3 is 1.72 bits per heavy atom. The molecule has 0 spiro atoms. The average molecular weight is 637 g/mol. The van der Waals surface area contributed by atoms with Crippen molar-refractivity contribution >= 4 is 23.7 Å². The standard InChI is InChI=1S/C15H16N2O.C15H16O3.C8H8O3/c1-10-6-8-11(9-7-10)14-12-4-2-3-5-13(12)15(18)17-16-14;1-10-6-8-11(9-7-10)14(16)12-4-2-3-5-13(12)15(17)18;9-7-5-3-1-2-4-6(5)8(10)11-7/h2*6-9H,2-5H2,1H3,(H,17,18);1-4H2. The third-order valence-corrected chi connectivity index (χ3v) is 9.08. The van der Waals surface area contributed by atoms with Crippen LogP contribution < -0.4 is 5.56 Å². The number of fused-ring (bicyclic) bond motifs is 1. The molecule has 0 fully saturated rings. The maximum absolute atomic E-state index is 12.3. The minimum atomic E-state index is -0.954. The monoisotopic (exact) mass is 636 g/mol. The summed E-state index contributed by atoms with van der Waals surface area (Å²) in [4.78, 5) is 57.1. The Labute approximate surface area is 273 Å². The normalized spacial score (nSPS) is 17.0. The van der Waals surface area contributed by atoms with Crippen LogP contribution in [0.15, 0.2) is 75.6 Å². The Morgan fingerprint density at radius 1 is 0.660 bits per heavy atom. The fourth-order valence-corrected chi connectivity index (χ4v) is 6.44. The van der Waals surface area contributed by atoms with Crippen LogP contribution in [0, 0.1) is 13.8 Å². The van der Waals surface area contributed by atoms with Gasteiger partial charge in [-0.3, -0.25) is 9.59 Å². The molecule has 3 aromatic rings. The molecule has 9 nitrogen and oxygen atoms in total. The molecular formula is C38H40N2O7. The predicted molar refractivity (Wildman–Crippen MR) is 177 cm³/mol. The Balaban J connectivity index is 0.000000143. The molecule has 3 aliphatic carbocycles. The Bertz CT molecular complexity index is 1790. The number of carbonyl (C=O) groups is 4. The number of allylic oxidation sites excluding steroid dienone is 1. The second-order valence-corrected chi connectivity index (χ2v) is 12.4. The van der Waals surface area contributed by atoms with Crippen LogP contribution in [0.5, 0.6) is 0 Å². The highest BCUT2D eigenvalue weighted by Gasteiger charge is 2.33. The van der Waals surface area contributed by atoms with Gasteiger partial charge in [-0.05, 0) is 96.5 Å². The van der Waals surface area contributed by atoms with Gasteiger partial charge in [0, 0.05) is 39.0 Å². The summed E-state index contributed by atoms with van der Waals surface area (Å²) in [5.74, 6) is -1.91. The molecule has 0 saturated carbocycles. The van der Waals surface area contributed by atoms with Gasteiger partial charge in [-0.1, -0.05) is 59.7 Å². The van der Waals surface area contributed by atoms with E-state index in [0.29, 0.717) is 40.7 Å². The highest BCUT2D eigenvalue weighted by molar-refractivity contribution is 6.13. The molecule has 0 saturated heterocycles. The van der Waals surface area contributed by atoms with Crippen molar-refractivity contribution in [3.05, 3.63) is 109 Å². The number of aliphatic carboxylic acids is 1. The van der Waals surface area contributed by atoms with E-state index in [4.69, 9.17) is 5.11 Å². The zero-order chi connectivity index (χ0) is 33.5. The number of nitrogens with zero attached hydrogens (tertiary/aromatic N) is 1. The van der Waals surface area contributed by atoms with E-state index >= 15 is 0 Å². The van der Waals surface area contributed by atoms with Crippen LogP contribution in [0.2, 0.25) is 0 Å². The molecule has 2 aromatic carbocycles. The molecule has 244 valence electrons. The number of hydrogen-bond acceptors (Lipinski definition) is 7. The molecule has 0 amide bonds. The molecule has 47 heavy (non-hydrogen) atoms. The average Bonchev–Trinajstić information content (AvgIpc) is 3.39. The van der Waals surface area contributed by atoms with Crippen molar-refractivity contribution in [1.82, 2.24) is 10.2 Å². The van der Waals surface area contributed by atoms with Gasteiger partial charge < -0.3 is 9.84 Å². The molecule has 7 rings (SSSR count). The van der Waals surface area contributed by atoms with Crippen molar-refractivity contribution in [3.63, 3.8) is 0 Å². The number of aromatic amines is 1. The first-order valence-electron chi connectivity index (χ1n) is 16.4. The summed E-state index contributed by atoms with van der Waals surface area (Å²) in [5, 5.41) is 16.0. The third kappa shape index (κ3) is 7.91. The first kappa shape index (κ1) is 33.4. The second-order valence-electron chi connectivity index (χ2n) is 12.4. The third-order valence-electron chi connectivity index (χ3n) is 9.08. The van der Waals surface area contributed by atoms with Crippen molar-refractivity contribution in [1.29, 1.82) is 0 Å². The summed E-state index contributed by atoms with van der Waals surface area (Å²) in [6, 6.07) is 15.6. The van der Waals surface area contributed by atoms with Gasteiger partial charge in [0.1, 0.15) is 0 Å². The number of aryl methyl sites for hydroxylation is 2. The topological polar surface area (TPSA) is 143 Å². The van der Waals surface area contributed by atoms with E-state index in [-0.39, 0.29) is 11.3 Å². The molecule has 1 aliphatic heterocycles. The number of ether oxygens (including phenoxy) is 1. The molecular weight excluding hydrogens is 596 g/mol. The quantitative estimate of drug-likeness (QED) is 0.183. The number of carboxylic acids is 1. The maximum Gasteiger partial charge on any atom is 0.342 e. The predicted octanol–water partition coefficient (Wildman–Crippen LogP) is 6.70. The zero-order valence-electron chi connectivity index (χ0n) is 26.9. The summed E-state index contributed by atoms with van der Waals surface area (Å²) in [6.45, 7) is 4.02. The number of rotatable bonds is 4. The number of Topliss-reactive ketones (excluding diaryl/α,β-unsaturated/α-hetero) is 1. The SMILES string of the molecule is Cc1ccc(-c2n[nH]c(=O)c3c2CCCC3)cc1.Cc1ccc(C(=O)C2=C(C(=O)O)CCCC2)cc1.O=C1OC(=O)C2=C1CCCC2. The Morgan fingerprint density at radius 2 is 1.15 bits per heavy atom. The van der Waals surface area contributed by atoms with Crippen LogP contribution in [0.25, 0.3) is 11.3 Å². The lowest BCUT2D eigenvalue weighted by Gasteiger charge is -2.17. The Kier molecular flexibility index (Phi) is 10.8. The minimum absolute atomic E-state index is 0.0134. The molecule has 2 N–H and O–H groups in total. The molecule has 0 unspecified atom stereocenters. The minimum Gasteiger partial charge on any atom is -0.478 e. The number of hydrogen-bond donors (Lipinski definition) is 2. The molecule has 0 radical (unpaired) electrons. The summed E-state index contributed by atoms with van der Waals surface area (Å²) < 4.78 is 4.46. The van der Waals surface area contributed by atoms with Crippen LogP contribution in [0.4, 0.5) is 0 Å². The highest BCUT2D eigenvalue weighted by atomic mass is 16.6.